The lowest BCUT2D eigenvalue weighted by Gasteiger charge is -2.32. The number of hydrogen-bond donors (Lipinski definition) is 2. The van der Waals surface area contributed by atoms with Gasteiger partial charge in [-0.3, -0.25) is 4.79 Å². The van der Waals surface area contributed by atoms with Gasteiger partial charge in [0.2, 0.25) is 0 Å². The number of nitrogens with zero attached hydrogens (tertiary/aromatic N) is 1. The summed E-state index contributed by atoms with van der Waals surface area (Å²) >= 11 is 0. The van der Waals surface area contributed by atoms with Crippen LogP contribution in [0.1, 0.15) is 24.8 Å². The molecule has 1 saturated heterocycles. The van der Waals surface area contributed by atoms with Gasteiger partial charge in [-0.05, 0) is 42.9 Å². The summed E-state index contributed by atoms with van der Waals surface area (Å²) in [5.41, 5.74) is 6.58. The predicted octanol–water partition coefficient (Wildman–Crippen LogP) is 1.15. The van der Waals surface area contributed by atoms with Gasteiger partial charge in [-0.25, -0.2) is 0 Å². The maximum absolute atomic E-state index is 12.2. The standard InChI is InChI=1S/C16H24N2O3/c17-10-13-3-5-15(6-4-13)21-12-16(20)18-8-1-2-14(11-18)7-9-19/h3-6,14,19H,1-2,7-12,17H2. The summed E-state index contributed by atoms with van der Waals surface area (Å²) in [5.74, 6) is 1.11. The van der Waals surface area contributed by atoms with Gasteiger partial charge in [0.15, 0.2) is 6.61 Å². The van der Waals surface area contributed by atoms with Gasteiger partial charge in [0, 0.05) is 26.2 Å². The summed E-state index contributed by atoms with van der Waals surface area (Å²) in [7, 11) is 0. The maximum Gasteiger partial charge on any atom is 0.260 e. The fourth-order valence-corrected chi connectivity index (χ4v) is 2.67. The number of piperidine rings is 1. The average molecular weight is 292 g/mol. The quantitative estimate of drug-likeness (QED) is 0.824. The molecule has 3 N–H and O–H groups in total. The zero-order valence-electron chi connectivity index (χ0n) is 12.3. The van der Waals surface area contributed by atoms with E-state index in [0.717, 1.165) is 37.9 Å². The van der Waals surface area contributed by atoms with Crippen LogP contribution in [0.25, 0.3) is 0 Å². The molecule has 0 radical (unpaired) electrons. The van der Waals surface area contributed by atoms with Crippen LogP contribution in [0.4, 0.5) is 0 Å². The monoisotopic (exact) mass is 292 g/mol. The molecule has 1 aliphatic rings. The fourth-order valence-electron chi connectivity index (χ4n) is 2.67. The summed E-state index contributed by atoms with van der Waals surface area (Å²) in [6.07, 6.45) is 2.86. The third kappa shape index (κ3) is 4.72. The van der Waals surface area contributed by atoms with Crippen molar-refractivity contribution < 1.29 is 14.6 Å². The number of amides is 1. The molecule has 1 amide bonds. The number of carbonyl (C=O) groups is 1. The van der Waals surface area contributed by atoms with Crippen molar-refractivity contribution in [3.63, 3.8) is 0 Å². The van der Waals surface area contributed by atoms with Gasteiger partial charge in [-0.1, -0.05) is 12.1 Å². The number of benzene rings is 1. The minimum Gasteiger partial charge on any atom is -0.484 e. The smallest absolute Gasteiger partial charge is 0.260 e. The molecule has 5 heteroatoms. The lowest BCUT2D eigenvalue weighted by atomic mass is 9.95. The Hall–Kier alpha value is -1.59. The molecule has 1 aromatic carbocycles. The number of ether oxygens (including phenoxy) is 1. The van der Waals surface area contributed by atoms with Crippen LogP contribution in [-0.2, 0) is 11.3 Å². The topological polar surface area (TPSA) is 75.8 Å². The molecule has 1 aromatic rings. The SMILES string of the molecule is NCc1ccc(OCC(=O)N2CCCC(CCO)C2)cc1. The van der Waals surface area contributed by atoms with Crippen molar-refractivity contribution in [3.8, 4) is 5.75 Å². The van der Waals surface area contributed by atoms with Crippen LogP contribution in [0.2, 0.25) is 0 Å². The van der Waals surface area contributed by atoms with Crippen LogP contribution in [-0.4, -0.2) is 42.2 Å². The second kappa shape index (κ2) is 8.00. The second-order valence-corrected chi connectivity index (χ2v) is 5.50. The molecule has 1 unspecified atom stereocenters. The normalized spacial score (nSPS) is 18.6. The summed E-state index contributed by atoms with van der Waals surface area (Å²) < 4.78 is 5.53. The van der Waals surface area contributed by atoms with E-state index >= 15 is 0 Å². The molecule has 1 heterocycles. The molecule has 0 aliphatic carbocycles. The van der Waals surface area contributed by atoms with Gasteiger partial charge in [0.25, 0.3) is 5.91 Å². The van der Waals surface area contributed by atoms with E-state index < -0.39 is 0 Å². The van der Waals surface area contributed by atoms with Gasteiger partial charge in [0.1, 0.15) is 5.75 Å². The zero-order valence-corrected chi connectivity index (χ0v) is 12.3. The molecule has 1 aliphatic heterocycles. The summed E-state index contributed by atoms with van der Waals surface area (Å²) in [5, 5.41) is 9.00. The first-order valence-electron chi connectivity index (χ1n) is 7.53. The second-order valence-electron chi connectivity index (χ2n) is 5.50. The van der Waals surface area contributed by atoms with E-state index in [1.54, 1.807) is 0 Å². The lowest BCUT2D eigenvalue weighted by molar-refractivity contribution is -0.135. The number of nitrogens with two attached hydrogens (primary N) is 1. The number of aliphatic hydroxyl groups excluding tert-OH is 1. The highest BCUT2D eigenvalue weighted by Crippen LogP contribution is 2.19. The lowest BCUT2D eigenvalue weighted by Crippen LogP contribution is -2.42. The van der Waals surface area contributed by atoms with Crippen LogP contribution in [0.15, 0.2) is 24.3 Å². The Morgan fingerprint density at radius 2 is 2.14 bits per heavy atom. The number of carbonyl (C=O) groups excluding carboxylic acids is 1. The molecule has 0 aromatic heterocycles. The third-order valence-electron chi connectivity index (χ3n) is 3.93. The van der Waals surface area contributed by atoms with Crippen LogP contribution >= 0.6 is 0 Å². The Bertz CT molecular complexity index is 445. The Labute approximate surface area is 125 Å². The number of hydrogen-bond acceptors (Lipinski definition) is 4. The highest BCUT2D eigenvalue weighted by Gasteiger charge is 2.23. The third-order valence-corrected chi connectivity index (χ3v) is 3.93. The zero-order chi connectivity index (χ0) is 15.1. The molecule has 0 bridgehead atoms. The first kappa shape index (κ1) is 15.8. The van der Waals surface area contributed by atoms with Crippen LogP contribution in [0, 0.1) is 5.92 Å². The van der Waals surface area contributed by atoms with Gasteiger partial charge in [-0.15, -0.1) is 0 Å². The first-order valence-corrected chi connectivity index (χ1v) is 7.53. The predicted molar refractivity (Wildman–Crippen MR) is 80.8 cm³/mol. The average Bonchev–Trinajstić information content (AvgIpc) is 2.53. The van der Waals surface area contributed by atoms with E-state index in [2.05, 4.69) is 0 Å². The van der Waals surface area contributed by atoms with Gasteiger partial charge < -0.3 is 20.5 Å². The molecular formula is C16H24N2O3. The largest absolute Gasteiger partial charge is 0.484 e. The van der Waals surface area contributed by atoms with Gasteiger partial charge in [-0.2, -0.15) is 0 Å². The Balaban J connectivity index is 1.80. The van der Waals surface area contributed by atoms with Crippen molar-refractivity contribution in [3.05, 3.63) is 29.8 Å². The van der Waals surface area contributed by atoms with Gasteiger partial charge in [0.05, 0.1) is 0 Å². The van der Waals surface area contributed by atoms with E-state index in [1.165, 1.54) is 0 Å². The molecule has 1 atom stereocenters. The molecule has 5 nitrogen and oxygen atoms in total. The Morgan fingerprint density at radius 3 is 2.81 bits per heavy atom. The highest BCUT2D eigenvalue weighted by atomic mass is 16.5. The van der Waals surface area contributed by atoms with Crippen molar-refractivity contribution in [2.24, 2.45) is 11.7 Å². The highest BCUT2D eigenvalue weighted by molar-refractivity contribution is 5.77. The van der Waals surface area contributed by atoms with Gasteiger partial charge >= 0.3 is 0 Å². The molecular weight excluding hydrogens is 268 g/mol. The minimum atomic E-state index is 0.0144. The summed E-state index contributed by atoms with van der Waals surface area (Å²) in [6, 6.07) is 7.47. The van der Waals surface area contributed by atoms with E-state index in [1.807, 2.05) is 29.2 Å². The number of rotatable bonds is 6. The summed E-state index contributed by atoms with van der Waals surface area (Å²) in [4.78, 5) is 14.0. The molecule has 0 spiro atoms. The fraction of sp³-hybridized carbons (Fsp3) is 0.562. The molecule has 116 valence electrons. The maximum atomic E-state index is 12.2. The summed E-state index contributed by atoms with van der Waals surface area (Å²) in [6.45, 7) is 2.27. The molecule has 2 rings (SSSR count). The van der Waals surface area contributed by atoms with Crippen molar-refractivity contribution in [1.29, 1.82) is 0 Å². The molecule has 0 saturated carbocycles. The Morgan fingerprint density at radius 1 is 1.38 bits per heavy atom. The molecule has 1 fully saturated rings. The van der Waals surface area contributed by atoms with Crippen molar-refractivity contribution in [2.45, 2.75) is 25.8 Å². The van der Waals surface area contributed by atoms with Crippen LogP contribution < -0.4 is 10.5 Å². The van der Waals surface area contributed by atoms with Crippen LogP contribution in [0.3, 0.4) is 0 Å². The molecule has 21 heavy (non-hydrogen) atoms. The van der Waals surface area contributed by atoms with E-state index in [-0.39, 0.29) is 19.1 Å². The number of aliphatic hydroxyl groups is 1. The minimum absolute atomic E-state index is 0.0144. The van der Waals surface area contributed by atoms with E-state index in [4.69, 9.17) is 15.6 Å². The first-order chi connectivity index (χ1) is 10.2. The number of likely N-dealkylation sites (tertiary alicyclic amines) is 1. The van der Waals surface area contributed by atoms with E-state index in [0.29, 0.717) is 18.2 Å². The van der Waals surface area contributed by atoms with Crippen molar-refractivity contribution >= 4 is 5.91 Å². The van der Waals surface area contributed by atoms with Crippen molar-refractivity contribution in [2.75, 3.05) is 26.3 Å². The van der Waals surface area contributed by atoms with Crippen molar-refractivity contribution in [1.82, 2.24) is 4.90 Å². The van der Waals surface area contributed by atoms with E-state index in [9.17, 15) is 4.79 Å². The Kier molecular flexibility index (Phi) is 6.02. The van der Waals surface area contributed by atoms with Crippen LogP contribution in [0.5, 0.6) is 5.75 Å².